The standard InChI is InChI=1S/C19H18ClN3O2S/c1-11-6-4-7-12(2)16(11)21-17(24)13(3)26-19-23-22-18(25-19)14-8-5-9-15(20)10-14/h4-10,13H,1-3H3,(H,21,24)/t13-/m1/s1. The van der Waals surface area contributed by atoms with Crippen molar-refractivity contribution < 1.29 is 9.21 Å². The molecule has 26 heavy (non-hydrogen) atoms. The Labute approximate surface area is 161 Å². The number of carbonyl (C=O) groups excluding carboxylic acids is 1. The summed E-state index contributed by atoms with van der Waals surface area (Å²) in [6.07, 6.45) is 0. The summed E-state index contributed by atoms with van der Waals surface area (Å²) in [5.41, 5.74) is 3.63. The van der Waals surface area contributed by atoms with E-state index < -0.39 is 0 Å². The van der Waals surface area contributed by atoms with Crippen molar-refractivity contribution in [3.05, 3.63) is 58.6 Å². The van der Waals surface area contributed by atoms with Gasteiger partial charge >= 0.3 is 0 Å². The molecule has 0 saturated carbocycles. The van der Waals surface area contributed by atoms with Crippen LogP contribution in [-0.4, -0.2) is 21.4 Å². The van der Waals surface area contributed by atoms with Crippen molar-refractivity contribution in [2.45, 2.75) is 31.2 Å². The van der Waals surface area contributed by atoms with E-state index >= 15 is 0 Å². The largest absolute Gasteiger partial charge is 0.411 e. The van der Waals surface area contributed by atoms with Crippen LogP contribution in [0.15, 0.2) is 52.1 Å². The molecule has 0 spiro atoms. The lowest BCUT2D eigenvalue weighted by Gasteiger charge is -2.14. The van der Waals surface area contributed by atoms with Gasteiger partial charge in [0.15, 0.2) is 0 Å². The second-order valence-electron chi connectivity index (χ2n) is 5.90. The highest BCUT2D eigenvalue weighted by molar-refractivity contribution is 8.00. The Morgan fingerprint density at radius 2 is 1.85 bits per heavy atom. The molecule has 1 aromatic heterocycles. The number of hydrogen-bond donors (Lipinski definition) is 1. The molecule has 0 radical (unpaired) electrons. The zero-order valence-electron chi connectivity index (χ0n) is 14.6. The van der Waals surface area contributed by atoms with Gasteiger partial charge < -0.3 is 9.73 Å². The van der Waals surface area contributed by atoms with E-state index in [2.05, 4.69) is 15.5 Å². The predicted octanol–water partition coefficient (Wildman–Crippen LogP) is 5.13. The Bertz CT molecular complexity index is 922. The van der Waals surface area contributed by atoms with E-state index in [1.807, 2.05) is 44.2 Å². The van der Waals surface area contributed by atoms with Crippen LogP contribution in [0.4, 0.5) is 5.69 Å². The quantitative estimate of drug-likeness (QED) is 0.615. The number of para-hydroxylation sites is 1. The van der Waals surface area contributed by atoms with Crippen LogP contribution < -0.4 is 5.32 Å². The number of aromatic nitrogens is 2. The van der Waals surface area contributed by atoms with Crippen molar-refractivity contribution in [1.29, 1.82) is 0 Å². The first-order valence-electron chi connectivity index (χ1n) is 8.07. The SMILES string of the molecule is Cc1cccc(C)c1NC(=O)[C@@H](C)Sc1nnc(-c2cccc(Cl)c2)o1. The Morgan fingerprint density at radius 1 is 1.15 bits per heavy atom. The number of benzene rings is 2. The third kappa shape index (κ3) is 4.26. The van der Waals surface area contributed by atoms with Crippen LogP contribution in [0.5, 0.6) is 0 Å². The van der Waals surface area contributed by atoms with E-state index in [1.165, 1.54) is 11.8 Å². The van der Waals surface area contributed by atoms with Gasteiger partial charge in [-0.1, -0.05) is 47.6 Å². The number of hydrogen-bond acceptors (Lipinski definition) is 5. The van der Waals surface area contributed by atoms with Crippen molar-refractivity contribution in [2.24, 2.45) is 0 Å². The summed E-state index contributed by atoms with van der Waals surface area (Å²) in [7, 11) is 0. The summed E-state index contributed by atoms with van der Waals surface area (Å²) >= 11 is 7.20. The molecule has 1 amide bonds. The van der Waals surface area contributed by atoms with Gasteiger partial charge in [0, 0.05) is 16.3 Å². The zero-order valence-corrected chi connectivity index (χ0v) is 16.2. The van der Waals surface area contributed by atoms with Crippen molar-refractivity contribution in [3.8, 4) is 11.5 Å². The molecule has 0 fully saturated rings. The molecular weight excluding hydrogens is 370 g/mol. The van der Waals surface area contributed by atoms with Crippen LogP contribution in [0.2, 0.25) is 5.02 Å². The highest BCUT2D eigenvalue weighted by Gasteiger charge is 2.20. The van der Waals surface area contributed by atoms with Crippen LogP contribution in [0.1, 0.15) is 18.1 Å². The number of carbonyl (C=O) groups is 1. The fourth-order valence-electron chi connectivity index (χ4n) is 2.44. The van der Waals surface area contributed by atoms with E-state index in [9.17, 15) is 4.79 Å². The Balaban J connectivity index is 1.68. The maximum absolute atomic E-state index is 12.5. The summed E-state index contributed by atoms with van der Waals surface area (Å²) in [5.74, 6) is 0.257. The van der Waals surface area contributed by atoms with Crippen LogP contribution in [0, 0.1) is 13.8 Å². The summed E-state index contributed by atoms with van der Waals surface area (Å²) < 4.78 is 5.65. The van der Waals surface area contributed by atoms with E-state index in [0.29, 0.717) is 16.1 Å². The average molecular weight is 388 g/mol. The summed E-state index contributed by atoms with van der Waals surface area (Å²) in [6, 6.07) is 13.1. The molecule has 1 heterocycles. The van der Waals surface area contributed by atoms with Gasteiger partial charge in [-0.25, -0.2) is 0 Å². The van der Waals surface area contributed by atoms with Gasteiger partial charge in [-0.2, -0.15) is 0 Å². The number of aryl methyl sites for hydroxylation is 2. The topological polar surface area (TPSA) is 68.0 Å². The molecule has 5 nitrogen and oxygen atoms in total. The predicted molar refractivity (Wildman–Crippen MR) is 105 cm³/mol. The minimum atomic E-state index is -0.387. The van der Waals surface area contributed by atoms with E-state index in [-0.39, 0.29) is 11.2 Å². The number of amides is 1. The molecule has 0 aliphatic heterocycles. The lowest BCUT2D eigenvalue weighted by atomic mass is 10.1. The van der Waals surface area contributed by atoms with Gasteiger partial charge in [0.2, 0.25) is 11.8 Å². The van der Waals surface area contributed by atoms with Gasteiger partial charge in [0.1, 0.15) is 0 Å². The van der Waals surface area contributed by atoms with E-state index in [0.717, 1.165) is 22.4 Å². The van der Waals surface area contributed by atoms with Crippen LogP contribution in [0.3, 0.4) is 0 Å². The normalized spacial score (nSPS) is 12.0. The molecule has 0 aliphatic rings. The smallest absolute Gasteiger partial charge is 0.277 e. The fourth-order valence-corrected chi connectivity index (χ4v) is 3.31. The van der Waals surface area contributed by atoms with Crippen LogP contribution >= 0.6 is 23.4 Å². The summed E-state index contributed by atoms with van der Waals surface area (Å²) in [6.45, 7) is 5.74. The van der Waals surface area contributed by atoms with E-state index in [1.54, 1.807) is 19.1 Å². The highest BCUT2D eigenvalue weighted by atomic mass is 35.5. The Kier molecular flexibility index (Phi) is 5.64. The third-order valence-corrected chi connectivity index (χ3v) is 5.02. The number of halogens is 1. The summed E-state index contributed by atoms with van der Waals surface area (Å²) in [4.78, 5) is 12.5. The van der Waals surface area contributed by atoms with Gasteiger partial charge in [-0.15, -0.1) is 10.2 Å². The average Bonchev–Trinajstić information content (AvgIpc) is 3.06. The lowest BCUT2D eigenvalue weighted by Crippen LogP contribution is -2.23. The molecule has 0 saturated heterocycles. The van der Waals surface area contributed by atoms with Crippen molar-refractivity contribution in [3.63, 3.8) is 0 Å². The molecule has 1 N–H and O–H groups in total. The van der Waals surface area contributed by atoms with Crippen LogP contribution in [0.25, 0.3) is 11.5 Å². The molecule has 7 heteroatoms. The maximum atomic E-state index is 12.5. The molecule has 2 aromatic carbocycles. The molecule has 0 aliphatic carbocycles. The third-order valence-electron chi connectivity index (χ3n) is 3.85. The van der Waals surface area contributed by atoms with Crippen molar-refractivity contribution in [1.82, 2.24) is 10.2 Å². The fraction of sp³-hybridized carbons (Fsp3) is 0.211. The van der Waals surface area contributed by atoms with E-state index in [4.69, 9.17) is 16.0 Å². The second kappa shape index (κ2) is 7.93. The molecule has 3 rings (SSSR count). The minimum Gasteiger partial charge on any atom is -0.411 e. The molecule has 0 bridgehead atoms. The summed E-state index contributed by atoms with van der Waals surface area (Å²) in [5, 5.41) is 11.6. The van der Waals surface area contributed by atoms with Gasteiger partial charge in [-0.3, -0.25) is 4.79 Å². The molecule has 0 unspecified atom stereocenters. The second-order valence-corrected chi connectivity index (χ2v) is 7.63. The molecular formula is C19H18ClN3O2S. The lowest BCUT2D eigenvalue weighted by molar-refractivity contribution is -0.115. The van der Waals surface area contributed by atoms with Gasteiger partial charge in [0.25, 0.3) is 5.22 Å². The minimum absolute atomic E-state index is 0.116. The van der Waals surface area contributed by atoms with Gasteiger partial charge in [0.05, 0.1) is 5.25 Å². The molecule has 134 valence electrons. The van der Waals surface area contributed by atoms with Gasteiger partial charge in [-0.05, 0) is 50.1 Å². The maximum Gasteiger partial charge on any atom is 0.277 e. The Hall–Kier alpha value is -2.31. The zero-order chi connectivity index (χ0) is 18.7. The number of nitrogens with zero attached hydrogens (tertiary/aromatic N) is 2. The number of rotatable bonds is 5. The van der Waals surface area contributed by atoms with Crippen LogP contribution in [-0.2, 0) is 4.79 Å². The monoisotopic (exact) mass is 387 g/mol. The first kappa shape index (κ1) is 18.5. The first-order valence-corrected chi connectivity index (χ1v) is 9.33. The number of nitrogens with one attached hydrogen (secondary N) is 1. The molecule has 1 atom stereocenters. The van der Waals surface area contributed by atoms with Crippen molar-refractivity contribution in [2.75, 3.05) is 5.32 Å². The molecule has 3 aromatic rings. The Morgan fingerprint density at radius 3 is 2.54 bits per heavy atom. The first-order chi connectivity index (χ1) is 12.4. The highest BCUT2D eigenvalue weighted by Crippen LogP contribution is 2.28. The number of thioether (sulfide) groups is 1. The number of anilines is 1. The van der Waals surface area contributed by atoms with Crippen molar-refractivity contribution >= 4 is 35.0 Å².